The predicted octanol–water partition coefficient (Wildman–Crippen LogP) is 4.35. The number of alkyl halides is 3. The van der Waals surface area contributed by atoms with Crippen LogP contribution in [0.3, 0.4) is 0 Å². The number of unbranched alkanes of at least 4 members (excludes halogenated alkanes) is 8. The summed E-state index contributed by atoms with van der Waals surface area (Å²) in [6, 6.07) is 1.17. The van der Waals surface area contributed by atoms with Crippen LogP contribution in [-0.2, 0) is 14.4 Å². The lowest BCUT2D eigenvalue weighted by atomic mass is 10.1. The second-order valence-electron chi connectivity index (χ2n) is 7.05. The lowest BCUT2D eigenvalue weighted by Crippen LogP contribution is -2.27. The Morgan fingerprint density at radius 3 is 1.81 bits per heavy atom. The molecule has 156 valence electrons. The molecule has 5 nitrogen and oxygen atoms in total. The van der Waals surface area contributed by atoms with Gasteiger partial charge in [-0.15, -0.1) is 0 Å². The molecule has 0 N–H and O–H groups in total. The minimum atomic E-state index is -5.70. The summed E-state index contributed by atoms with van der Waals surface area (Å²) in [5.41, 5.74) is -5.51. The number of sulfonamides is 1. The van der Waals surface area contributed by atoms with Crippen molar-refractivity contribution in [2.75, 3.05) is 7.11 Å². The van der Waals surface area contributed by atoms with Crippen molar-refractivity contribution in [3.8, 4) is 0 Å². The van der Waals surface area contributed by atoms with Gasteiger partial charge in [0.15, 0.2) is 8.32 Å². The molecule has 0 unspecified atom stereocenters. The smallest absolute Gasteiger partial charge is 0.518 e. The van der Waals surface area contributed by atoms with Gasteiger partial charge in [0, 0.05) is 7.11 Å². The van der Waals surface area contributed by atoms with Crippen molar-refractivity contribution >= 4 is 24.2 Å². The van der Waals surface area contributed by atoms with Crippen LogP contribution >= 0.6 is 0 Å². The van der Waals surface area contributed by atoms with Crippen LogP contribution in [0.4, 0.5) is 13.2 Å². The number of hydrogen-bond donors (Lipinski definition) is 0. The van der Waals surface area contributed by atoms with Crippen LogP contribution < -0.4 is 5.11 Å². The van der Waals surface area contributed by atoms with Crippen molar-refractivity contribution in [1.29, 1.82) is 0 Å². The van der Waals surface area contributed by atoms with Gasteiger partial charge in [-0.3, -0.25) is 0 Å². The first-order valence-electron chi connectivity index (χ1n) is 9.03. The molecule has 0 aromatic rings. The highest BCUT2D eigenvalue weighted by Crippen LogP contribution is 2.24. The first-order valence-corrected chi connectivity index (χ1v) is 13.6. The van der Waals surface area contributed by atoms with Crippen molar-refractivity contribution in [2.24, 2.45) is 4.40 Å². The van der Waals surface area contributed by atoms with Gasteiger partial charge in [0.2, 0.25) is 0 Å². The molecule has 0 heterocycles. The molecule has 0 aliphatic rings. The fourth-order valence-corrected chi connectivity index (χ4v) is 4.17. The zero-order valence-electron chi connectivity index (χ0n) is 15.9. The van der Waals surface area contributed by atoms with E-state index in [1.54, 1.807) is 7.11 Å². The fraction of sp³-hybridized carbons (Fsp3) is 0.938. The van der Waals surface area contributed by atoms with E-state index in [-0.39, 0.29) is 6.42 Å². The van der Waals surface area contributed by atoms with Gasteiger partial charge >= 0.3 is 15.5 Å². The molecule has 0 saturated carbocycles. The zero-order chi connectivity index (χ0) is 20.3. The van der Waals surface area contributed by atoms with Crippen LogP contribution in [-0.4, -0.2) is 35.3 Å². The maximum Gasteiger partial charge on any atom is 0.518 e. The Labute approximate surface area is 156 Å². The van der Waals surface area contributed by atoms with Crippen LogP contribution in [0.2, 0.25) is 19.1 Å². The summed E-state index contributed by atoms with van der Waals surface area (Å²) < 4.78 is 65.4. The maximum absolute atomic E-state index is 12.1. The van der Waals surface area contributed by atoms with E-state index < -0.39 is 29.7 Å². The molecule has 0 fully saturated rings. The van der Waals surface area contributed by atoms with Crippen LogP contribution in [0.5, 0.6) is 0 Å². The van der Waals surface area contributed by atoms with E-state index in [2.05, 4.69) is 17.5 Å². The minimum Gasteiger partial charge on any atom is -0.861 e. The third kappa shape index (κ3) is 11.9. The van der Waals surface area contributed by atoms with Crippen LogP contribution in [0, 0.1) is 0 Å². The Bertz CT molecular complexity index is 522. The average molecular weight is 419 g/mol. The predicted molar refractivity (Wildman–Crippen MR) is 97.9 cm³/mol. The Hall–Kier alpha value is -0.613. The van der Waals surface area contributed by atoms with Crippen molar-refractivity contribution in [1.82, 2.24) is 0 Å². The first-order chi connectivity index (χ1) is 11.9. The molecule has 0 spiro atoms. The molecular formula is C16H31F3NO4SSi-. The molecule has 0 atom stereocenters. The Morgan fingerprint density at radius 1 is 0.962 bits per heavy atom. The third-order valence-corrected chi connectivity index (χ3v) is 7.93. The van der Waals surface area contributed by atoms with E-state index in [0.29, 0.717) is 12.8 Å². The Kier molecular flexibility index (Phi) is 11.7. The molecular weight excluding hydrogens is 387 g/mol. The summed E-state index contributed by atoms with van der Waals surface area (Å²) in [5.74, 6) is -1.23. The molecule has 0 saturated heterocycles. The van der Waals surface area contributed by atoms with E-state index in [0.717, 1.165) is 25.7 Å². The molecule has 0 amide bonds. The van der Waals surface area contributed by atoms with E-state index in [4.69, 9.17) is 4.43 Å². The lowest BCUT2D eigenvalue weighted by molar-refractivity contribution is -0.218. The molecule has 0 aromatic heterocycles. The summed E-state index contributed by atoms with van der Waals surface area (Å²) in [7, 11) is -5.36. The highest BCUT2D eigenvalue weighted by molar-refractivity contribution is 7.91. The highest BCUT2D eigenvalue weighted by atomic mass is 32.2. The quantitative estimate of drug-likeness (QED) is 0.182. The van der Waals surface area contributed by atoms with Gasteiger partial charge in [0.25, 0.3) is 0 Å². The number of hydrogen-bond acceptors (Lipinski definition) is 4. The second kappa shape index (κ2) is 12.0. The van der Waals surface area contributed by atoms with Crippen molar-refractivity contribution in [2.45, 2.75) is 88.9 Å². The molecule has 0 radical (unpaired) electrons. The van der Waals surface area contributed by atoms with Gasteiger partial charge in [0.05, 0.1) is 0 Å². The first kappa shape index (κ1) is 25.4. The van der Waals surface area contributed by atoms with Crippen molar-refractivity contribution in [3.05, 3.63) is 0 Å². The summed E-state index contributed by atoms with van der Waals surface area (Å²) in [4.78, 5) is 0. The molecule has 0 aromatic carbocycles. The molecule has 26 heavy (non-hydrogen) atoms. The van der Waals surface area contributed by atoms with E-state index in [1.165, 1.54) is 25.3 Å². The van der Waals surface area contributed by atoms with E-state index in [9.17, 15) is 26.7 Å². The number of nitrogens with zero attached hydrogens (tertiary/aromatic N) is 1. The summed E-state index contributed by atoms with van der Waals surface area (Å²) >= 11 is 0. The van der Waals surface area contributed by atoms with Crippen LogP contribution in [0.1, 0.15) is 64.2 Å². The molecule has 0 aliphatic heterocycles. The molecule has 10 heteroatoms. The topological polar surface area (TPSA) is 78.8 Å². The largest absolute Gasteiger partial charge is 0.861 e. The second-order valence-corrected chi connectivity index (χ2v) is 13.1. The maximum atomic E-state index is 12.1. The molecule has 0 aliphatic carbocycles. The molecule has 0 bridgehead atoms. The molecule has 0 rings (SSSR count). The van der Waals surface area contributed by atoms with Crippen LogP contribution in [0.15, 0.2) is 4.40 Å². The standard InChI is InChI=1S/C16H32F3NO4SSi/c1-24-26(2,3)14-12-10-8-6-4-5-7-9-11-13-15(21)20-25(22,23)16(17,18)19/h4-14H2,1-3H3,(H,20,21)/p-1. The number of rotatable bonds is 14. The van der Waals surface area contributed by atoms with Gasteiger partial charge < -0.3 is 9.53 Å². The van der Waals surface area contributed by atoms with Crippen LogP contribution in [0.25, 0.3) is 0 Å². The van der Waals surface area contributed by atoms with Crippen molar-refractivity contribution in [3.63, 3.8) is 0 Å². The van der Waals surface area contributed by atoms with Gasteiger partial charge in [-0.25, -0.2) is 0 Å². The van der Waals surface area contributed by atoms with Gasteiger partial charge in [-0.05, 0) is 37.9 Å². The SMILES string of the molecule is CO[Si](C)(C)CCCCCCCCCCC/C([O-])=N\S(=O)(=O)C(F)(F)F. The summed E-state index contributed by atoms with van der Waals surface area (Å²) in [6.45, 7) is 4.42. The van der Waals surface area contributed by atoms with Gasteiger partial charge in [0.1, 0.15) is 0 Å². The summed E-state index contributed by atoms with van der Waals surface area (Å²) in [5, 5.41) is 11.2. The normalized spacial score (nSPS) is 14.0. The summed E-state index contributed by atoms with van der Waals surface area (Å²) in [6.07, 6.45) is 8.46. The lowest BCUT2D eigenvalue weighted by Gasteiger charge is -2.19. The zero-order valence-corrected chi connectivity index (χ0v) is 17.7. The average Bonchev–Trinajstić information content (AvgIpc) is 2.51. The Balaban J connectivity index is 3.66. The fourth-order valence-electron chi connectivity index (χ4n) is 2.40. The monoisotopic (exact) mass is 418 g/mol. The number of halogens is 3. The minimum absolute atomic E-state index is 0.269. The van der Waals surface area contributed by atoms with E-state index in [1.807, 2.05) is 0 Å². The van der Waals surface area contributed by atoms with E-state index >= 15 is 0 Å². The van der Waals surface area contributed by atoms with Gasteiger partial charge in [-0.2, -0.15) is 26.0 Å². The van der Waals surface area contributed by atoms with Gasteiger partial charge in [-0.1, -0.05) is 51.4 Å². The highest BCUT2D eigenvalue weighted by Gasteiger charge is 2.45. The Morgan fingerprint density at radius 2 is 1.38 bits per heavy atom. The third-order valence-electron chi connectivity index (χ3n) is 4.24. The van der Waals surface area contributed by atoms with Crippen molar-refractivity contribution < 1.29 is 31.1 Å².